The highest BCUT2D eigenvalue weighted by atomic mass is 19.1. The number of nitrogens with two attached hydrogens (primary N) is 1. The van der Waals surface area contributed by atoms with Gasteiger partial charge in [0.1, 0.15) is 5.82 Å². The van der Waals surface area contributed by atoms with Gasteiger partial charge in [-0.25, -0.2) is 4.39 Å². The number of carbonyl (C=O) groups excluding carboxylic acids is 1. The van der Waals surface area contributed by atoms with Crippen LogP contribution >= 0.6 is 0 Å². The summed E-state index contributed by atoms with van der Waals surface area (Å²) in [6.45, 7) is 4.55. The average molecular weight is 238 g/mol. The first kappa shape index (κ1) is 13.6. The molecular weight excluding hydrogens is 219 g/mol. The molecule has 0 saturated heterocycles. The van der Waals surface area contributed by atoms with Gasteiger partial charge in [0, 0.05) is 18.2 Å². The molecule has 17 heavy (non-hydrogen) atoms. The molecule has 0 aliphatic rings. The van der Waals surface area contributed by atoms with E-state index in [-0.39, 0.29) is 17.8 Å². The number of amides is 1. The molecule has 0 aromatic heterocycles. The molecule has 0 spiro atoms. The molecule has 0 aliphatic carbocycles. The van der Waals surface area contributed by atoms with Crippen molar-refractivity contribution in [2.45, 2.75) is 26.3 Å². The SMILES string of the molecule is CCC(C)C(N)CNC(=O)c1ccc(F)cc1. The molecule has 0 saturated carbocycles. The second-order valence-corrected chi connectivity index (χ2v) is 4.27. The number of halogens is 1. The smallest absolute Gasteiger partial charge is 0.251 e. The van der Waals surface area contributed by atoms with Crippen LogP contribution in [0.5, 0.6) is 0 Å². The highest BCUT2D eigenvalue weighted by molar-refractivity contribution is 5.94. The first-order valence-corrected chi connectivity index (χ1v) is 5.84. The minimum atomic E-state index is -0.349. The predicted molar refractivity (Wildman–Crippen MR) is 66.2 cm³/mol. The Morgan fingerprint density at radius 2 is 2.00 bits per heavy atom. The Morgan fingerprint density at radius 1 is 1.41 bits per heavy atom. The zero-order chi connectivity index (χ0) is 12.8. The molecule has 4 heteroatoms. The summed E-state index contributed by atoms with van der Waals surface area (Å²) >= 11 is 0. The van der Waals surface area contributed by atoms with Crippen LogP contribution in [0.15, 0.2) is 24.3 Å². The molecule has 2 atom stereocenters. The van der Waals surface area contributed by atoms with Crippen LogP contribution < -0.4 is 11.1 Å². The molecule has 1 aromatic carbocycles. The van der Waals surface area contributed by atoms with Crippen LogP contribution in [0.3, 0.4) is 0 Å². The summed E-state index contributed by atoms with van der Waals surface area (Å²) in [4.78, 5) is 11.7. The fraction of sp³-hybridized carbons (Fsp3) is 0.462. The molecule has 3 nitrogen and oxygen atoms in total. The Hall–Kier alpha value is -1.42. The van der Waals surface area contributed by atoms with Crippen molar-refractivity contribution in [2.75, 3.05) is 6.54 Å². The minimum absolute atomic E-state index is 0.0515. The average Bonchev–Trinajstić information content (AvgIpc) is 2.35. The fourth-order valence-electron chi connectivity index (χ4n) is 1.42. The number of carbonyl (C=O) groups is 1. The van der Waals surface area contributed by atoms with Crippen molar-refractivity contribution in [1.29, 1.82) is 0 Å². The van der Waals surface area contributed by atoms with E-state index in [0.717, 1.165) is 6.42 Å². The third-order valence-electron chi connectivity index (χ3n) is 2.98. The van der Waals surface area contributed by atoms with Crippen molar-refractivity contribution < 1.29 is 9.18 Å². The van der Waals surface area contributed by atoms with Crippen molar-refractivity contribution in [2.24, 2.45) is 11.7 Å². The Labute approximate surface area is 101 Å². The van der Waals surface area contributed by atoms with Gasteiger partial charge in [0.15, 0.2) is 0 Å². The van der Waals surface area contributed by atoms with E-state index in [9.17, 15) is 9.18 Å². The lowest BCUT2D eigenvalue weighted by atomic mass is 10.00. The Balaban J connectivity index is 2.47. The largest absolute Gasteiger partial charge is 0.350 e. The lowest BCUT2D eigenvalue weighted by molar-refractivity contribution is 0.0948. The zero-order valence-corrected chi connectivity index (χ0v) is 10.2. The Bertz CT molecular complexity index is 364. The second-order valence-electron chi connectivity index (χ2n) is 4.27. The van der Waals surface area contributed by atoms with E-state index in [0.29, 0.717) is 18.0 Å². The van der Waals surface area contributed by atoms with Crippen LogP contribution in [0.25, 0.3) is 0 Å². The number of nitrogens with one attached hydrogen (secondary N) is 1. The lowest BCUT2D eigenvalue weighted by Gasteiger charge is -2.18. The molecule has 0 aliphatic heterocycles. The molecule has 1 amide bonds. The van der Waals surface area contributed by atoms with Gasteiger partial charge in [0.2, 0.25) is 0 Å². The van der Waals surface area contributed by atoms with Crippen LogP contribution in [0.2, 0.25) is 0 Å². The maximum atomic E-state index is 12.7. The van der Waals surface area contributed by atoms with Crippen LogP contribution in [-0.2, 0) is 0 Å². The number of benzene rings is 1. The van der Waals surface area contributed by atoms with Crippen molar-refractivity contribution in [1.82, 2.24) is 5.32 Å². The van der Waals surface area contributed by atoms with E-state index in [1.165, 1.54) is 24.3 Å². The molecule has 1 rings (SSSR count). The summed E-state index contributed by atoms with van der Waals surface area (Å²) in [6, 6.07) is 5.40. The maximum absolute atomic E-state index is 12.7. The van der Waals surface area contributed by atoms with Gasteiger partial charge in [0.05, 0.1) is 0 Å². The van der Waals surface area contributed by atoms with Crippen molar-refractivity contribution in [3.63, 3.8) is 0 Å². The molecule has 94 valence electrons. The van der Waals surface area contributed by atoms with Gasteiger partial charge in [-0.2, -0.15) is 0 Å². The highest BCUT2D eigenvalue weighted by Crippen LogP contribution is 2.05. The third-order valence-corrected chi connectivity index (χ3v) is 2.98. The molecule has 0 radical (unpaired) electrons. The zero-order valence-electron chi connectivity index (χ0n) is 10.2. The summed E-state index contributed by atoms with van der Waals surface area (Å²) in [6.07, 6.45) is 0.980. The van der Waals surface area contributed by atoms with Crippen LogP contribution in [-0.4, -0.2) is 18.5 Å². The first-order valence-electron chi connectivity index (χ1n) is 5.84. The van der Waals surface area contributed by atoms with E-state index in [4.69, 9.17) is 5.73 Å². The summed E-state index contributed by atoms with van der Waals surface area (Å²) in [7, 11) is 0. The molecule has 3 N–H and O–H groups in total. The Morgan fingerprint density at radius 3 is 2.53 bits per heavy atom. The summed E-state index contributed by atoms with van der Waals surface area (Å²) in [5, 5.41) is 2.75. The van der Waals surface area contributed by atoms with Crippen molar-refractivity contribution >= 4 is 5.91 Å². The van der Waals surface area contributed by atoms with Gasteiger partial charge < -0.3 is 11.1 Å². The highest BCUT2D eigenvalue weighted by Gasteiger charge is 2.12. The second kappa shape index (κ2) is 6.35. The monoisotopic (exact) mass is 238 g/mol. The lowest BCUT2D eigenvalue weighted by Crippen LogP contribution is -2.41. The van der Waals surface area contributed by atoms with Crippen molar-refractivity contribution in [3.8, 4) is 0 Å². The minimum Gasteiger partial charge on any atom is -0.350 e. The fourth-order valence-corrected chi connectivity index (χ4v) is 1.42. The van der Waals surface area contributed by atoms with E-state index in [1.807, 2.05) is 0 Å². The number of rotatable bonds is 5. The maximum Gasteiger partial charge on any atom is 0.251 e. The number of hydrogen-bond donors (Lipinski definition) is 2. The third kappa shape index (κ3) is 4.15. The predicted octanol–water partition coefficient (Wildman–Crippen LogP) is 1.93. The van der Waals surface area contributed by atoms with Gasteiger partial charge in [-0.1, -0.05) is 20.3 Å². The van der Waals surface area contributed by atoms with Crippen LogP contribution in [0.1, 0.15) is 30.6 Å². The molecule has 0 fully saturated rings. The first-order chi connectivity index (χ1) is 8.04. The molecule has 0 heterocycles. The van der Waals surface area contributed by atoms with E-state index in [2.05, 4.69) is 19.2 Å². The Kier molecular flexibility index (Phi) is 5.10. The van der Waals surface area contributed by atoms with Gasteiger partial charge in [-0.3, -0.25) is 4.79 Å². The van der Waals surface area contributed by atoms with E-state index in [1.54, 1.807) is 0 Å². The summed E-state index contributed by atoms with van der Waals surface area (Å²) in [5.41, 5.74) is 6.35. The number of hydrogen-bond acceptors (Lipinski definition) is 2. The van der Waals surface area contributed by atoms with E-state index < -0.39 is 0 Å². The van der Waals surface area contributed by atoms with Gasteiger partial charge >= 0.3 is 0 Å². The van der Waals surface area contributed by atoms with Gasteiger partial charge in [-0.15, -0.1) is 0 Å². The van der Waals surface area contributed by atoms with Crippen LogP contribution in [0.4, 0.5) is 4.39 Å². The van der Waals surface area contributed by atoms with Gasteiger partial charge in [-0.05, 0) is 30.2 Å². The summed E-state index contributed by atoms with van der Waals surface area (Å²) < 4.78 is 12.7. The topological polar surface area (TPSA) is 55.1 Å². The molecule has 2 unspecified atom stereocenters. The van der Waals surface area contributed by atoms with Crippen molar-refractivity contribution in [3.05, 3.63) is 35.6 Å². The quantitative estimate of drug-likeness (QED) is 0.823. The standard InChI is InChI=1S/C13H19FN2O/c1-3-9(2)12(15)8-16-13(17)10-4-6-11(14)7-5-10/h4-7,9,12H,3,8,15H2,1-2H3,(H,16,17). The van der Waals surface area contributed by atoms with Gasteiger partial charge in [0.25, 0.3) is 5.91 Å². The summed E-state index contributed by atoms with van der Waals surface area (Å²) in [5.74, 6) is -0.204. The molecule has 0 bridgehead atoms. The van der Waals surface area contributed by atoms with E-state index >= 15 is 0 Å². The molecule has 1 aromatic rings. The van der Waals surface area contributed by atoms with Crippen LogP contribution in [0, 0.1) is 11.7 Å². The normalized spacial score (nSPS) is 14.1. The molecular formula is C13H19FN2O.